The highest BCUT2D eigenvalue weighted by Gasteiger charge is 2.03. The van der Waals surface area contributed by atoms with Gasteiger partial charge >= 0.3 is 0 Å². The van der Waals surface area contributed by atoms with Crippen LogP contribution in [0.5, 0.6) is 0 Å². The summed E-state index contributed by atoms with van der Waals surface area (Å²) in [7, 11) is 0. The van der Waals surface area contributed by atoms with Crippen LogP contribution in [0.2, 0.25) is 5.15 Å². The number of pyridine rings is 1. The molecule has 18 heavy (non-hydrogen) atoms. The molecule has 7 heteroatoms. The topological polar surface area (TPSA) is 75.9 Å². The highest BCUT2D eigenvalue weighted by atomic mass is 35.5. The van der Waals surface area contributed by atoms with E-state index in [9.17, 15) is 0 Å². The quantitative estimate of drug-likeness (QED) is 0.772. The van der Waals surface area contributed by atoms with Gasteiger partial charge in [-0.15, -0.1) is 5.10 Å². The van der Waals surface area contributed by atoms with Crippen molar-refractivity contribution in [2.75, 3.05) is 11.9 Å². The second-order valence-electron chi connectivity index (χ2n) is 3.75. The SMILES string of the molecule is OCCCn1cc(CNc2cccnc2Cl)nn1. The molecule has 0 radical (unpaired) electrons. The van der Waals surface area contributed by atoms with E-state index in [-0.39, 0.29) is 6.61 Å². The standard InChI is InChI=1S/C11H14ClN5O/c12-11-10(3-1-4-13-11)14-7-9-8-17(16-15-9)5-2-6-18/h1,3-4,8,14,18H,2,5-7H2. The summed E-state index contributed by atoms with van der Waals surface area (Å²) in [6.45, 7) is 1.35. The molecule has 2 N–H and O–H groups in total. The molecule has 0 aromatic carbocycles. The molecule has 0 bridgehead atoms. The first-order valence-corrected chi connectivity index (χ1v) is 6.01. The van der Waals surface area contributed by atoms with Gasteiger partial charge in [-0.2, -0.15) is 0 Å². The zero-order valence-electron chi connectivity index (χ0n) is 9.75. The Morgan fingerprint density at radius 2 is 2.33 bits per heavy atom. The summed E-state index contributed by atoms with van der Waals surface area (Å²) in [5.41, 5.74) is 1.58. The molecule has 2 aromatic heterocycles. The van der Waals surface area contributed by atoms with Crippen LogP contribution in [0.15, 0.2) is 24.5 Å². The number of rotatable bonds is 6. The van der Waals surface area contributed by atoms with Gasteiger partial charge in [0.05, 0.1) is 18.4 Å². The number of aryl methyl sites for hydroxylation is 1. The van der Waals surface area contributed by atoms with E-state index in [0.717, 1.165) is 11.4 Å². The van der Waals surface area contributed by atoms with E-state index in [1.807, 2.05) is 18.3 Å². The van der Waals surface area contributed by atoms with E-state index in [0.29, 0.717) is 24.7 Å². The first-order valence-electron chi connectivity index (χ1n) is 5.64. The van der Waals surface area contributed by atoms with E-state index in [2.05, 4.69) is 20.6 Å². The van der Waals surface area contributed by atoms with E-state index in [1.165, 1.54) is 0 Å². The van der Waals surface area contributed by atoms with Gasteiger partial charge in [0.1, 0.15) is 5.69 Å². The lowest BCUT2D eigenvalue weighted by Gasteiger charge is -2.04. The number of hydrogen-bond donors (Lipinski definition) is 2. The van der Waals surface area contributed by atoms with Crippen molar-refractivity contribution in [2.24, 2.45) is 0 Å². The molecule has 0 aliphatic carbocycles. The fourth-order valence-electron chi connectivity index (χ4n) is 1.47. The predicted octanol–water partition coefficient (Wildman–Crippen LogP) is 1.32. The molecule has 96 valence electrons. The summed E-state index contributed by atoms with van der Waals surface area (Å²) in [6, 6.07) is 3.66. The van der Waals surface area contributed by atoms with Gasteiger partial charge < -0.3 is 10.4 Å². The lowest BCUT2D eigenvalue weighted by Crippen LogP contribution is -2.01. The fraction of sp³-hybridized carbons (Fsp3) is 0.364. The van der Waals surface area contributed by atoms with Gasteiger partial charge in [0.25, 0.3) is 0 Å². The average molecular weight is 268 g/mol. The molecule has 0 amide bonds. The Bertz CT molecular complexity index is 502. The first-order chi connectivity index (χ1) is 8.79. The maximum Gasteiger partial charge on any atom is 0.152 e. The minimum atomic E-state index is 0.152. The van der Waals surface area contributed by atoms with Crippen LogP contribution >= 0.6 is 11.6 Å². The molecule has 0 atom stereocenters. The van der Waals surface area contributed by atoms with E-state index >= 15 is 0 Å². The maximum atomic E-state index is 8.72. The van der Waals surface area contributed by atoms with Crippen molar-refractivity contribution in [3.63, 3.8) is 0 Å². The molecule has 6 nitrogen and oxygen atoms in total. The minimum absolute atomic E-state index is 0.152. The molecule has 0 aliphatic heterocycles. The average Bonchev–Trinajstić information content (AvgIpc) is 2.83. The molecule has 2 heterocycles. The fourth-order valence-corrected chi connectivity index (χ4v) is 1.65. The molecule has 0 saturated heterocycles. The van der Waals surface area contributed by atoms with Crippen LogP contribution in [0.3, 0.4) is 0 Å². The van der Waals surface area contributed by atoms with Gasteiger partial charge in [0.15, 0.2) is 5.15 Å². The summed E-state index contributed by atoms with van der Waals surface area (Å²) in [6.07, 6.45) is 4.15. The minimum Gasteiger partial charge on any atom is -0.396 e. The van der Waals surface area contributed by atoms with Gasteiger partial charge in [-0.25, -0.2) is 4.98 Å². The van der Waals surface area contributed by atoms with Crippen LogP contribution in [0, 0.1) is 0 Å². The Balaban J connectivity index is 1.90. The van der Waals surface area contributed by atoms with Gasteiger partial charge in [0, 0.05) is 19.3 Å². The number of nitrogens with one attached hydrogen (secondary N) is 1. The van der Waals surface area contributed by atoms with Gasteiger partial charge in [-0.3, -0.25) is 4.68 Å². The van der Waals surface area contributed by atoms with Crippen molar-refractivity contribution < 1.29 is 5.11 Å². The van der Waals surface area contributed by atoms with Crippen LogP contribution in [0.4, 0.5) is 5.69 Å². The van der Waals surface area contributed by atoms with Crippen LogP contribution in [0.1, 0.15) is 12.1 Å². The lowest BCUT2D eigenvalue weighted by atomic mass is 10.4. The third-order valence-corrected chi connectivity index (χ3v) is 2.65. The number of nitrogens with zero attached hydrogens (tertiary/aromatic N) is 4. The smallest absolute Gasteiger partial charge is 0.152 e. The second-order valence-corrected chi connectivity index (χ2v) is 4.10. The van der Waals surface area contributed by atoms with Gasteiger partial charge in [-0.1, -0.05) is 16.8 Å². The van der Waals surface area contributed by atoms with E-state index in [1.54, 1.807) is 10.9 Å². The summed E-state index contributed by atoms with van der Waals surface area (Å²) in [5, 5.41) is 20.3. The number of aromatic nitrogens is 4. The van der Waals surface area contributed by atoms with Crippen molar-refractivity contribution in [2.45, 2.75) is 19.5 Å². The van der Waals surface area contributed by atoms with Gasteiger partial charge in [-0.05, 0) is 18.6 Å². The molecule has 0 fully saturated rings. The van der Waals surface area contributed by atoms with E-state index in [4.69, 9.17) is 16.7 Å². The normalized spacial score (nSPS) is 10.6. The van der Waals surface area contributed by atoms with E-state index < -0.39 is 0 Å². The zero-order chi connectivity index (χ0) is 12.8. The summed E-state index contributed by atoms with van der Waals surface area (Å²) in [5.74, 6) is 0. The number of aliphatic hydroxyl groups excluding tert-OH is 1. The second kappa shape index (κ2) is 6.32. The van der Waals surface area contributed by atoms with Crippen LogP contribution in [-0.4, -0.2) is 31.7 Å². The summed E-state index contributed by atoms with van der Waals surface area (Å²) in [4.78, 5) is 3.97. The van der Waals surface area contributed by atoms with Crippen molar-refractivity contribution in [1.29, 1.82) is 0 Å². The molecule has 2 aromatic rings. The Hall–Kier alpha value is -1.66. The third-order valence-electron chi connectivity index (χ3n) is 2.35. The van der Waals surface area contributed by atoms with Crippen LogP contribution in [0.25, 0.3) is 0 Å². The Labute approximate surface area is 110 Å². The summed E-state index contributed by atoms with van der Waals surface area (Å²) < 4.78 is 1.71. The third kappa shape index (κ3) is 3.41. The van der Waals surface area contributed by atoms with Crippen molar-refractivity contribution in [1.82, 2.24) is 20.0 Å². The number of anilines is 1. The molecule has 0 spiro atoms. The predicted molar refractivity (Wildman–Crippen MR) is 68.3 cm³/mol. The highest BCUT2D eigenvalue weighted by Crippen LogP contribution is 2.17. The van der Waals surface area contributed by atoms with Crippen LogP contribution in [-0.2, 0) is 13.1 Å². The van der Waals surface area contributed by atoms with Crippen molar-refractivity contribution in [3.8, 4) is 0 Å². The molecular formula is C11H14ClN5O. The molecule has 2 rings (SSSR count). The van der Waals surface area contributed by atoms with Crippen molar-refractivity contribution in [3.05, 3.63) is 35.4 Å². The Kier molecular flexibility index (Phi) is 4.49. The largest absolute Gasteiger partial charge is 0.396 e. The zero-order valence-corrected chi connectivity index (χ0v) is 10.5. The van der Waals surface area contributed by atoms with Gasteiger partial charge in [0.2, 0.25) is 0 Å². The lowest BCUT2D eigenvalue weighted by molar-refractivity contribution is 0.276. The molecule has 0 saturated carbocycles. The monoisotopic (exact) mass is 267 g/mol. The Morgan fingerprint density at radius 1 is 1.44 bits per heavy atom. The van der Waals surface area contributed by atoms with Crippen molar-refractivity contribution >= 4 is 17.3 Å². The molecule has 0 unspecified atom stereocenters. The molecule has 0 aliphatic rings. The molecular weight excluding hydrogens is 254 g/mol. The van der Waals surface area contributed by atoms with Crippen LogP contribution < -0.4 is 5.32 Å². The number of aliphatic hydroxyl groups is 1. The number of halogens is 1. The Morgan fingerprint density at radius 3 is 3.11 bits per heavy atom. The summed E-state index contributed by atoms with van der Waals surface area (Å²) >= 11 is 5.92. The number of hydrogen-bond acceptors (Lipinski definition) is 5. The maximum absolute atomic E-state index is 8.72. The first kappa shape index (κ1) is 12.8. The highest BCUT2D eigenvalue weighted by molar-refractivity contribution is 6.31.